The van der Waals surface area contributed by atoms with Crippen LogP contribution in [-0.2, 0) is 17.9 Å². The number of benzene rings is 2. The van der Waals surface area contributed by atoms with E-state index in [1.807, 2.05) is 51.4 Å². The molecule has 6 nitrogen and oxygen atoms in total. The number of aromatic amines is 1. The summed E-state index contributed by atoms with van der Waals surface area (Å²) in [6, 6.07) is 13.2. The number of hydrogen-bond donors (Lipinski definition) is 3. The number of hydrogen-bond acceptors (Lipinski definition) is 3. The first kappa shape index (κ1) is 24.3. The quantitative estimate of drug-likeness (QED) is 0.390. The molecular formula is C27H33ClN4O2. The number of H-pyrrole nitrogens is 1. The van der Waals surface area contributed by atoms with Crippen LogP contribution in [0.5, 0.6) is 0 Å². The normalized spacial score (nSPS) is 14.4. The van der Waals surface area contributed by atoms with E-state index in [2.05, 4.69) is 32.7 Å². The van der Waals surface area contributed by atoms with Crippen molar-refractivity contribution in [1.29, 1.82) is 0 Å². The Labute approximate surface area is 206 Å². The molecule has 1 atom stereocenters. The zero-order valence-corrected chi connectivity index (χ0v) is 20.8. The molecule has 1 saturated carbocycles. The van der Waals surface area contributed by atoms with Gasteiger partial charge >= 0.3 is 0 Å². The SMILES string of the molecule is Cc1c(C(=O)NC(CCC2CC2)C(=O)NCc2ccc(CN(C)C)cc2)[nH]c2cccc(Cl)c12. The van der Waals surface area contributed by atoms with Gasteiger partial charge in [-0.25, -0.2) is 0 Å². The molecule has 180 valence electrons. The summed E-state index contributed by atoms with van der Waals surface area (Å²) in [6.07, 6.45) is 3.99. The molecule has 0 saturated heterocycles. The van der Waals surface area contributed by atoms with Crippen molar-refractivity contribution in [1.82, 2.24) is 20.5 Å². The first-order valence-electron chi connectivity index (χ1n) is 11.9. The zero-order valence-electron chi connectivity index (χ0n) is 20.1. The number of amides is 2. The van der Waals surface area contributed by atoms with Crippen LogP contribution in [-0.4, -0.2) is 41.8 Å². The lowest BCUT2D eigenvalue weighted by Crippen LogP contribution is -2.46. The first-order chi connectivity index (χ1) is 16.3. The summed E-state index contributed by atoms with van der Waals surface area (Å²) in [4.78, 5) is 31.5. The third-order valence-electron chi connectivity index (χ3n) is 6.42. The van der Waals surface area contributed by atoms with Crippen molar-refractivity contribution in [3.8, 4) is 0 Å². The average Bonchev–Trinajstić information content (AvgIpc) is 3.57. The fourth-order valence-electron chi connectivity index (χ4n) is 4.34. The Hall–Kier alpha value is -2.83. The maximum Gasteiger partial charge on any atom is 0.268 e. The summed E-state index contributed by atoms with van der Waals surface area (Å²) < 4.78 is 0. The van der Waals surface area contributed by atoms with Crippen molar-refractivity contribution in [2.45, 2.75) is 51.7 Å². The third kappa shape index (κ3) is 5.99. The molecule has 1 aliphatic rings. The molecular weight excluding hydrogens is 448 g/mol. The van der Waals surface area contributed by atoms with Gasteiger partial charge in [0.15, 0.2) is 0 Å². The number of halogens is 1. The molecule has 3 N–H and O–H groups in total. The number of fused-ring (bicyclic) bond motifs is 1. The lowest BCUT2D eigenvalue weighted by Gasteiger charge is -2.19. The summed E-state index contributed by atoms with van der Waals surface area (Å²) in [6.45, 7) is 3.18. The smallest absolute Gasteiger partial charge is 0.268 e. The van der Waals surface area contributed by atoms with E-state index in [-0.39, 0.29) is 11.8 Å². The van der Waals surface area contributed by atoms with Gasteiger partial charge in [-0.05, 0) is 68.6 Å². The van der Waals surface area contributed by atoms with E-state index in [1.54, 1.807) is 0 Å². The molecule has 1 heterocycles. The molecule has 4 rings (SSSR count). The van der Waals surface area contributed by atoms with E-state index >= 15 is 0 Å². The highest BCUT2D eigenvalue weighted by Crippen LogP contribution is 2.34. The average molecular weight is 481 g/mol. The maximum absolute atomic E-state index is 13.2. The van der Waals surface area contributed by atoms with Gasteiger partial charge in [0.1, 0.15) is 11.7 Å². The molecule has 0 radical (unpaired) electrons. The largest absolute Gasteiger partial charge is 0.350 e. The molecule has 7 heteroatoms. The summed E-state index contributed by atoms with van der Waals surface area (Å²) in [5, 5.41) is 7.43. The predicted octanol–water partition coefficient (Wildman–Crippen LogP) is 4.80. The molecule has 2 amide bonds. The van der Waals surface area contributed by atoms with Crippen molar-refractivity contribution in [2.24, 2.45) is 5.92 Å². The van der Waals surface area contributed by atoms with Gasteiger partial charge in [0.2, 0.25) is 5.91 Å². The summed E-state index contributed by atoms with van der Waals surface area (Å²) in [7, 11) is 4.08. The van der Waals surface area contributed by atoms with Crippen molar-refractivity contribution in [2.75, 3.05) is 14.1 Å². The van der Waals surface area contributed by atoms with Crippen LogP contribution in [0.3, 0.4) is 0 Å². The molecule has 0 spiro atoms. The molecule has 2 aromatic carbocycles. The Morgan fingerprint density at radius 1 is 1.12 bits per heavy atom. The topological polar surface area (TPSA) is 77.2 Å². The van der Waals surface area contributed by atoms with Gasteiger partial charge in [-0.1, -0.05) is 54.8 Å². The molecule has 1 aliphatic carbocycles. The number of nitrogens with one attached hydrogen (secondary N) is 3. The number of carbonyl (C=O) groups is 2. The van der Waals surface area contributed by atoms with Crippen LogP contribution < -0.4 is 10.6 Å². The summed E-state index contributed by atoms with van der Waals surface area (Å²) in [5.74, 6) is 0.233. The molecule has 0 bridgehead atoms. The number of aromatic nitrogens is 1. The molecule has 0 aliphatic heterocycles. The van der Waals surface area contributed by atoms with Crippen molar-refractivity contribution >= 4 is 34.3 Å². The van der Waals surface area contributed by atoms with Crippen LogP contribution in [0.2, 0.25) is 5.02 Å². The second-order valence-corrected chi connectivity index (χ2v) is 10.0. The van der Waals surface area contributed by atoms with Crippen LogP contribution in [0.1, 0.15) is 52.9 Å². The first-order valence-corrected chi connectivity index (χ1v) is 12.3. The predicted molar refractivity (Wildman–Crippen MR) is 137 cm³/mol. The Balaban J connectivity index is 1.42. The highest BCUT2D eigenvalue weighted by Gasteiger charge is 2.28. The van der Waals surface area contributed by atoms with Gasteiger partial charge in [-0.3, -0.25) is 9.59 Å². The minimum atomic E-state index is -0.581. The van der Waals surface area contributed by atoms with Crippen LogP contribution in [0, 0.1) is 12.8 Å². The number of aryl methyl sites for hydroxylation is 1. The van der Waals surface area contributed by atoms with E-state index in [0.29, 0.717) is 29.6 Å². The number of carbonyl (C=O) groups excluding carboxylic acids is 2. The Kier molecular flexibility index (Phi) is 7.59. The van der Waals surface area contributed by atoms with Crippen molar-refractivity contribution < 1.29 is 9.59 Å². The third-order valence-corrected chi connectivity index (χ3v) is 6.74. The Morgan fingerprint density at radius 2 is 1.82 bits per heavy atom. The molecule has 1 aromatic heterocycles. The van der Waals surface area contributed by atoms with Gasteiger partial charge in [0.25, 0.3) is 5.91 Å². The van der Waals surface area contributed by atoms with Gasteiger partial charge in [-0.2, -0.15) is 0 Å². The fraction of sp³-hybridized carbons (Fsp3) is 0.407. The highest BCUT2D eigenvalue weighted by molar-refractivity contribution is 6.36. The second-order valence-electron chi connectivity index (χ2n) is 9.61. The van der Waals surface area contributed by atoms with E-state index in [0.717, 1.165) is 35.0 Å². The standard InChI is InChI=1S/C27H33ClN4O2/c1-17-24-21(28)5-4-6-22(24)30-25(17)27(34)31-23(14-13-18-7-8-18)26(33)29-15-19-9-11-20(12-10-19)16-32(2)3/h4-6,9-12,18,23,30H,7-8,13-16H2,1-3H3,(H,29,33)(H,31,34). The molecule has 1 unspecified atom stereocenters. The van der Waals surface area contributed by atoms with E-state index in [9.17, 15) is 9.59 Å². The molecule has 34 heavy (non-hydrogen) atoms. The fourth-order valence-corrected chi connectivity index (χ4v) is 4.65. The summed E-state index contributed by atoms with van der Waals surface area (Å²) in [5.41, 5.74) is 4.31. The van der Waals surface area contributed by atoms with E-state index in [4.69, 9.17) is 11.6 Å². The molecule has 3 aromatic rings. The van der Waals surface area contributed by atoms with Crippen LogP contribution in [0.25, 0.3) is 10.9 Å². The van der Waals surface area contributed by atoms with Crippen LogP contribution >= 0.6 is 11.6 Å². The van der Waals surface area contributed by atoms with Gasteiger partial charge in [0.05, 0.1) is 5.02 Å². The lowest BCUT2D eigenvalue weighted by atomic mass is 10.1. The highest BCUT2D eigenvalue weighted by atomic mass is 35.5. The minimum Gasteiger partial charge on any atom is -0.350 e. The Morgan fingerprint density at radius 3 is 2.47 bits per heavy atom. The van der Waals surface area contributed by atoms with Crippen LogP contribution in [0.4, 0.5) is 0 Å². The van der Waals surface area contributed by atoms with Crippen molar-refractivity contribution in [3.05, 3.63) is 69.9 Å². The monoisotopic (exact) mass is 480 g/mol. The van der Waals surface area contributed by atoms with Gasteiger partial charge in [0, 0.05) is 24.0 Å². The van der Waals surface area contributed by atoms with E-state index in [1.165, 1.54) is 18.4 Å². The maximum atomic E-state index is 13.2. The minimum absolute atomic E-state index is 0.154. The zero-order chi connectivity index (χ0) is 24.2. The summed E-state index contributed by atoms with van der Waals surface area (Å²) >= 11 is 6.34. The number of rotatable bonds is 10. The lowest BCUT2D eigenvalue weighted by molar-refractivity contribution is -0.123. The Bertz CT molecular complexity index is 1170. The molecule has 1 fully saturated rings. The van der Waals surface area contributed by atoms with Crippen molar-refractivity contribution in [3.63, 3.8) is 0 Å². The van der Waals surface area contributed by atoms with Gasteiger partial charge in [-0.15, -0.1) is 0 Å². The second kappa shape index (κ2) is 10.6. The van der Waals surface area contributed by atoms with Gasteiger partial charge < -0.3 is 20.5 Å². The number of nitrogens with zero attached hydrogens (tertiary/aromatic N) is 1. The van der Waals surface area contributed by atoms with E-state index < -0.39 is 6.04 Å². The van der Waals surface area contributed by atoms with Crippen LogP contribution in [0.15, 0.2) is 42.5 Å².